The maximum atomic E-state index is 5.73. The summed E-state index contributed by atoms with van der Waals surface area (Å²) < 4.78 is 5.50. The first-order valence-corrected chi connectivity index (χ1v) is 6.75. The number of rotatable bonds is 4. The van der Waals surface area contributed by atoms with Gasteiger partial charge < -0.3 is 4.74 Å². The third kappa shape index (κ3) is 2.41. The van der Waals surface area contributed by atoms with E-state index in [1.165, 1.54) is 11.1 Å². The Labute approximate surface area is 112 Å². The molecule has 96 valence electrons. The highest BCUT2D eigenvalue weighted by atomic mass is 32.1. The predicted molar refractivity (Wildman–Crippen MR) is 76.0 cm³/mol. The van der Waals surface area contributed by atoms with Crippen molar-refractivity contribution in [2.45, 2.75) is 19.9 Å². The van der Waals surface area contributed by atoms with Crippen molar-refractivity contribution in [1.82, 2.24) is 5.43 Å². The normalized spacial score (nSPS) is 12.4. The van der Waals surface area contributed by atoms with E-state index in [0.29, 0.717) is 0 Å². The summed E-state index contributed by atoms with van der Waals surface area (Å²) in [7, 11) is 1.69. The molecule has 2 rings (SSSR count). The molecule has 0 amide bonds. The fourth-order valence-electron chi connectivity index (χ4n) is 2.26. The molecule has 0 aliphatic carbocycles. The van der Waals surface area contributed by atoms with Crippen LogP contribution < -0.4 is 16.0 Å². The van der Waals surface area contributed by atoms with Crippen LogP contribution in [0, 0.1) is 13.8 Å². The number of hydrogen-bond donors (Lipinski definition) is 2. The molecule has 1 unspecified atom stereocenters. The minimum absolute atomic E-state index is 0.0354. The average Bonchev–Trinajstić information content (AvgIpc) is 2.85. The van der Waals surface area contributed by atoms with Gasteiger partial charge in [-0.2, -0.15) is 11.3 Å². The summed E-state index contributed by atoms with van der Waals surface area (Å²) in [4.78, 5) is 0. The molecule has 0 radical (unpaired) electrons. The number of aryl methyl sites for hydroxylation is 2. The summed E-state index contributed by atoms with van der Waals surface area (Å²) in [6, 6.07) is 6.23. The molecule has 0 aliphatic heterocycles. The first kappa shape index (κ1) is 13.1. The highest BCUT2D eigenvalue weighted by Crippen LogP contribution is 2.34. The van der Waals surface area contributed by atoms with E-state index in [9.17, 15) is 0 Å². The molecule has 0 saturated carbocycles. The lowest BCUT2D eigenvalue weighted by Gasteiger charge is -2.21. The zero-order chi connectivity index (χ0) is 13.1. The molecule has 3 N–H and O–H groups in total. The van der Waals surface area contributed by atoms with E-state index >= 15 is 0 Å². The minimum Gasteiger partial charge on any atom is -0.496 e. The van der Waals surface area contributed by atoms with Crippen LogP contribution in [0.5, 0.6) is 5.75 Å². The van der Waals surface area contributed by atoms with Gasteiger partial charge in [0, 0.05) is 5.56 Å². The first-order valence-electron chi connectivity index (χ1n) is 5.80. The molecule has 0 bridgehead atoms. The zero-order valence-electron chi connectivity index (χ0n) is 10.9. The fraction of sp³-hybridized carbons (Fsp3) is 0.286. The zero-order valence-corrected chi connectivity index (χ0v) is 11.7. The van der Waals surface area contributed by atoms with Gasteiger partial charge in [0.15, 0.2) is 0 Å². The molecule has 1 aromatic heterocycles. The molecular formula is C14H18N2OS. The summed E-state index contributed by atoms with van der Waals surface area (Å²) in [5.41, 5.74) is 7.51. The summed E-state index contributed by atoms with van der Waals surface area (Å²) in [5.74, 6) is 6.60. The lowest BCUT2D eigenvalue weighted by atomic mass is 9.94. The Hall–Kier alpha value is -1.36. The van der Waals surface area contributed by atoms with Crippen molar-refractivity contribution in [1.29, 1.82) is 0 Å². The number of nitrogens with two attached hydrogens (primary N) is 1. The van der Waals surface area contributed by atoms with Gasteiger partial charge in [-0.1, -0.05) is 6.07 Å². The van der Waals surface area contributed by atoms with Crippen LogP contribution in [0.4, 0.5) is 0 Å². The Balaban J connectivity index is 2.55. The van der Waals surface area contributed by atoms with Crippen molar-refractivity contribution in [3.8, 4) is 5.75 Å². The van der Waals surface area contributed by atoms with E-state index in [0.717, 1.165) is 16.9 Å². The molecule has 18 heavy (non-hydrogen) atoms. The van der Waals surface area contributed by atoms with Gasteiger partial charge in [-0.05, 0) is 53.4 Å². The molecule has 2 aromatic rings. The van der Waals surface area contributed by atoms with Crippen molar-refractivity contribution >= 4 is 11.3 Å². The van der Waals surface area contributed by atoms with Crippen molar-refractivity contribution in [3.63, 3.8) is 0 Å². The molecule has 1 atom stereocenters. The Morgan fingerprint density at radius 1 is 1.33 bits per heavy atom. The Morgan fingerprint density at radius 2 is 2.11 bits per heavy atom. The summed E-state index contributed by atoms with van der Waals surface area (Å²) in [6.45, 7) is 4.15. The minimum atomic E-state index is -0.0354. The van der Waals surface area contributed by atoms with E-state index in [1.807, 2.05) is 6.07 Å². The molecule has 4 heteroatoms. The van der Waals surface area contributed by atoms with Gasteiger partial charge in [-0.25, -0.2) is 5.43 Å². The lowest BCUT2D eigenvalue weighted by molar-refractivity contribution is 0.403. The molecule has 1 heterocycles. The van der Waals surface area contributed by atoms with Crippen molar-refractivity contribution < 1.29 is 4.74 Å². The number of methoxy groups -OCH3 is 1. The number of nitrogens with one attached hydrogen (secondary N) is 1. The lowest BCUT2D eigenvalue weighted by Crippen LogP contribution is -2.29. The SMILES string of the molecule is COc1cc(C)cc(C)c1C(NN)c1ccsc1. The fourth-order valence-corrected chi connectivity index (χ4v) is 2.95. The maximum Gasteiger partial charge on any atom is 0.124 e. The standard InChI is InChI=1S/C14H18N2OS/c1-9-6-10(2)13(12(7-9)17-3)14(16-15)11-4-5-18-8-11/h4-8,14,16H,15H2,1-3H3. The predicted octanol–water partition coefficient (Wildman–Crippen LogP) is 2.93. The highest BCUT2D eigenvalue weighted by molar-refractivity contribution is 7.08. The van der Waals surface area contributed by atoms with Crippen LogP contribution in [0.2, 0.25) is 0 Å². The number of hydrazine groups is 1. The molecular weight excluding hydrogens is 244 g/mol. The molecule has 1 aromatic carbocycles. The van der Waals surface area contributed by atoms with E-state index in [2.05, 4.69) is 42.2 Å². The van der Waals surface area contributed by atoms with Crippen molar-refractivity contribution in [2.75, 3.05) is 7.11 Å². The Morgan fingerprint density at radius 3 is 2.67 bits per heavy atom. The van der Waals surface area contributed by atoms with Gasteiger partial charge in [0.1, 0.15) is 5.75 Å². The molecule has 0 aliphatic rings. The van der Waals surface area contributed by atoms with E-state index in [4.69, 9.17) is 10.6 Å². The number of hydrogen-bond acceptors (Lipinski definition) is 4. The summed E-state index contributed by atoms with van der Waals surface area (Å²) in [6.07, 6.45) is 0. The van der Waals surface area contributed by atoms with E-state index in [-0.39, 0.29) is 6.04 Å². The second-order valence-electron chi connectivity index (χ2n) is 4.35. The van der Waals surface area contributed by atoms with Gasteiger partial charge in [0.25, 0.3) is 0 Å². The number of thiophene rings is 1. The largest absolute Gasteiger partial charge is 0.496 e. The van der Waals surface area contributed by atoms with Crippen molar-refractivity contribution in [3.05, 3.63) is 51.2 Å². The van der Waals surface area contributed by atoms with Gasteiger partial charge in [0.05, 0.1) is 13.2 Å². The molecule has 0 saturated heterocycles. The van der Waals surface area contributed by atoms with Crippen LogP contribution in [0.1, 0.15) is 28.3 Å². The van der Waals surface area contributed by atoms with Gasteiger partial charge in [0.2, 0.25) is 0 Å². The van der Waals surface area contributed by atoms with Crippen LogP contribution in [0.15, 0.2) is 29.0 Å². The summed E-state index contributed by atoms with van der Waals surface area (Å²) in [5, 5.41) is 4.15. The quantitative estimate of drug-likeness (QED) is 0.658. The van der Waals surface area contributed by atoms with Crippen LogP contribution in [-0.4, -0.2) is 7.11 Å². The Bertz CT molecular complexity index is 523. The van der Waals surface area contributed by atoms with Gasteiger partial charge >= 0.3 is 0 Å². The second kappa shape index (κ2) is 5.52. The van der Waals surface area contributed by atoms with Crippen LogP contribution in [0.3, 0.4) is 0 Å². The number of benzene rings is 1. The molecule has 0 fully saturated rings. The van der Waals surface area contributed by atoms with Crippen LogP contribution in [-0.2, 0) is 0 Å². The number of ether oxygens (including phenoxy) is 1. The average molecular weight is 262 g/mol. The van der Waals surface area contributed by atoms with Crippen LogP contribution in [0.25, 0.3) is 0 Å². The topological polar surface area (TPSA) is 47.3 Å². The smallest absolute Gasteiger partial charge is 0.124 e. The van der Waals surface area contributed by atoms with E-state index in [1.54, 1.807) is 18.4 Å². The Kier molecular flexibility index (Phi) is 4.01. The van der Waals surface area contributed by atoms with E-state index < -0.39 is 0 Å². The van der Waals surface area contributed by atoms with Crippen molar-refractivity contribution in [2.24, 2.45) is 5.84 Å². The first-order chi connectivity index (χ1) is 8.67. The summed E-state index contributed by atoms with van der Waals surface area (Å²) >= 11 is 1.66. The third-order valence-electron chi connectivity index (χ3n) is 3.05. The second-order valence-corrected chi connectivity index (χ2v) is 5.13. The van der Waals surface area contributed by atoms with Gasteiger partial charge in [-0.15, -0.1) is 0 Å². The third-order valence-corrected chi connectivity index (χ3v) is 3.75. The molecule has 3 nitrogen and oxygen atoms in total. The monoisotopic (exact) mass is 262 g/mol. The van der Waals surface area contributed by atoms with Crippen LogP contribution >= 0.6 is 11.3 Å². The van der Waals surface area contributed by atoms with Gasteiger partial charge in [-0.3, -0.25) is 5.84 Å². The highest BCUT2D eigenvalue weighted by Gasteiger charge is 2.20. The maximum absolute atomic E-state index is 5.73. The molecule has 0 spiro atoms.